The molecular formula is C5H12N2OS2. The largest absolute Gasteiger partial charge is 0.338 e. The highest BCUT2D eigenvalue weighted by Gasteiger charge is 1.94. The second kappa shape index (κ2) is 7.08. The monoisotopic (exact) mass is 180 g/mol. The van der Waals surface area contributed by atoms with Crippen LogP contribution in [0.5, 0.6) is 0 Å². The number of carbonyl (C=O) groups excluding carboxylic acids is 1. The summed E-state index contributed by atoms with van der Waals surface area (Å²) in [6, 6.07) is -0.130. The topological polar surface area (TPSA) is 41.1 Å². The highest BCUT2D eigenvalue weighted by Crippen LogP contribution is 1.92. The van der Waals surface area contributed by atoms with Gasteiger partial charge in [-0.3, -0.25) is 4.72 Å². The summed E-state index contributed by atoms with van der Waals surface area (Å²) in [6.45, 7) is 2.54. The van der Waals surface area contributed by atoms with Gasteiger partial charge in [-0.15, -0.1) is 0 Å². The van der Waals surface area contributed by atoms with Gasteiger partial charge in [-0.2, -0.15) is 12.6 Å². The summed E-state index contributed by atoms with van der Waals surface area (Å²) >= 11 is 5.35. The first-order chi connectivity index (χ1) is 4.81. The number of carbonyl (C=O) groups is 1. The van der Waals surface area contributed by atoms with Crippen LogP contribution >= 0.6 is 24.6 Å². The van der Waals surface area contributed by atoms with Gasteiger partial charge in [0.25, 0.3) is 0 Å². The fourth-order valence-corrected chi connectivity index (χ4v) is 1.03. The Balaban J connectivity index is 3.05. The zero-order valence-corrected chi connectivity index (χ0v) is 7.60. The summed E-state index contributed by atoms with van der Waals surface area (Å²) in [5.74, 6) is 1.61. The van der Waals surface area contributed by atoms with Crippen molar-refractivity contribution in [2.45, 2.75) is 6.92 Å². The minimum absolute atomic E-state index is 0.130. The molecule has 0 aromatic rings. The Labute approximate surface area is 70.9 Å². The molecule has 0 aliphatic carbocycles. The van der Waals surface area contributed by atoms with E-state index in [0.29, 0.717) is 6.54 Å². The smallest absolute Gasteiger partial charge is 0.324 e. The van der Waals surface area contributed by atoms with Gasteiger partial charge in [-0.25, -0.2) is 4.79 Å². The van der Waals surface area contributed by atoms with E-state index in [2.05, 4.69) is 22.7 Å². The lowest BCUT2D eigenvalue weighted by Gasteiger charge is -2.02. The minimum atomic E-state index is -0.130. The lowest BCUT2D eigenvalue weighted by molar-refractivity contribution is 0.247. The van der Waals surface area contributed by atoms with Gasteiger partial charge in [-0.05, 0) is 18.9 Å². The van der Waals surface area contributed by atoms with Crippen LogP contribution in [0.1, 0.15) is 6.92 Å². The number of hydrogen-bond donors (Lipinski definition) is 3. The third kappa shape index (κ3) is 6.10. The van der Waals surface area contributed by atoms with Gasteiger partial charge in [0.1, 0.15) is 0 Å². The van der Waals surface area contributed by atoms with Gasteiger partial charge in [0, 0.05) is 18.1 Å². The summed E-state index contributed by atoms with van der Waals surface area (Å²) in [4.78, 5) is 10.6. The van der Waals surface area contributed by atoms with Crippen LogP contribution in [-0.2, 0) is 0 Å². The molecule has 0 bridgehead atoms. The van der Waals surface area contributed by atoms with Crippen LogP contribution in [0.15, 0.2) is 0 Å². The molecule has 0 saturated carbocycles. The summed E-state index contributed by atoms with van der Waals surface area (Å²) in [5.41, 5.74) is 0. The van der Waals surface area contributed by atoms with E-state index in [4.69, 9.17) is 0 Å². The molecule has 0 atom stereocenters. The van der Waals surface area contributed by atoms with Crippen molar-refractivity contribution in [3.63, 3.8) is 0 Å². The average Bonchev–Trinajstić information content (AvgIpc) is 1.89. The van der Waals surface area contributed by atoms with Gasteiger partial charge in [0.05, 0.1) is 0 Å². The van der Waals surface area contributed by atoms with Crippen LogP contribution in [0.25, 0.3) is 0 Å². The number of rotatable bonds is 4. The number of thiol groups is 1. The first kappa shape index (κ1) is 9.97. The SMILES string of the molecule is CCNC(=O)NSCCS. The third-order valence-electron chi connectivity index (χ3n) is 0.696. The van der Waals surface area contributed by atoms with E-state index in [1.807, 2.05) is 6.92 Å². The first-order valence-corrected chi connectivity index (χ1v) is 4.69. The van der Waals surface area contributed by atoms with Crippen molar-refractivity contribution in [2.75, 3.05) is 18.1 Å². The summed E-state index contributed by atoms with van der Waals surface area (Å²) in [7, 11) is 0. The molecule has 5 heteroatoms. The van der Waals surface area contributed by atoms with Crippen LogP contribution in [-0.4, -0.2) is 24.1 Å². The van der Waals surface area contributed by atoms with Crippen molar-refractivity contribution >= 4 is 30.6 Å². The maximum absolute atomic E-state index is 10.6. The van der Waals surface area contributed by atoms with Crippen LogP contribution < -0.4 is 10.0 Å². The molecule has 0 rings (SSSR count). The number of nitrogens with one attached hydrogen (secondary N) is 2. The predicted molar refractivity (Wildman–Crippen MR) is 48.5 cm³/mol. The lowest BCUT2D eigenvalue weighted by atomic mass is 10.7. The lowest BCUT2D eigenvalue weighted by Crippen LogP contribution is -2.31. The zero-order chi connectivity index (χ0) is 7.82. The van der Waals surface area contributed by atoms with E-state index in [0.717, 1.165) is 11.5 Å². The van der Waals surface area contributed by atoms with Crippen LogP contribution in [0.2, 0.25) is 0 Å². The van der Waals surface area contributed by atoms with Crippen LogP contribution in [0.3, 0.4) is 0 Å². The van der Waals surface area contributed by atoms with Crippen molar-refractivity contribution in [2.24, 2.45) is 0 Å². The molecule has 0 aliphatic heterocycles. The molecule has 0 aromatic heterocycles. The molecule has 0 saturated heterocycles. The summed E-state index contributed by atoms with van der Waals surface area (Å²) in [5, 5.41) is 2.61. The van der Waals surface area contributed by atoms with E-state index in [1.165, 1.54) is 11.9 Å². The molecule has 0 heterocycles. The second-order valence-corrected chi connectivity index (χ2v) is 2.88. The van der Waals surface area contributed by atoms with Crippen molar-refractivity contribution < 1.29 is 4.79 Å². The normalized spacial score (nSPS) is 9.00. The van der Waals surface area contributed by atoms with E-state index in [9.17, 15) is 4.79 Å². The average molecular weight is 180 g/mol. The molecule has 0 radical (unpaired) electrons. The minimum Gasteiger partial charge on any atom is -0.338 e. The quantitative estimate of drug-likeness (QED) is 0.341. The Hall–Kier alpha value is -0.0300. The molecule has 2 amide bonds. The van der Waals surface area contributed by atoms with Gasteiger partial charge in [0.15, 0.2) is 0 Å². The van der Waals surface area contributed by atoms with E-state index in [1.54, 1.807) is 0 Å². The van der Waals surface area contributed by atoms with Crippen molar-refractivity contribution in [3.8, 4) is 0 Å². The molecule has 0 fully saturated rings. The highest BCUT2D eigenvalue weighted by molar-refractivity contribution is 7.98. The molecule has 0 unspecified atom stereocenters. The van der Waals surface area contributed by atoms with Gasteiger partial charge in [0.2, 0.25) is 0 Å². The molecule has 60 valence electrons. The predicted octanol–water partition coefficient (Wildman–Crippen LogP) is 0.884. The maximum atomic E-state index is 10.6. The highest BCUT2D eigenvalue weighted by atomic mass is 32.2. The maximum Gasteiger partial charge on any atom is 0.324 e. The van der Waals surface area contributed by atoms with Gasteiger partial charge in [-0.1, -0.05) is 0 Å². The van der Waals surface area contributed by atoms with E-state index < -0.39 is 0 Å². The van der Waals surface area contributed by atoms with Gasteiger partial charge < -0.3 is 5.32 Å². The number of amides is 2. The molecule has 2 N–H and O–H groups in total. The first-order valence-electron chi connectivity index (χ1n) is 3.07. The molecule has 0 aliphatic rings. The van der Waals surface area contributed by atoms with Gasteiger partial charge >= 0.3 is 6.03 Å². The van der Waals surface area contributed by atoms with Crippen molar-refractivity contribution in [1.82, 2.24) is 10.0 Å². The number of urea groups is 1. The fourth-order valence-electron chi connectivity index (χ4n) is 0.359. The van der Waals surface area contributed by atoms with Crippen molar-refractivity contribution in [1.29, 1.82) is 0 Å². The zero-order valence-electron chi connectivity index (χ0n) is 5.89. The van der Waals surface area contributed by atoms with E-state index >= 15 is 0 Å². The van der Waals surface area contributed by atoms with E-state index in [-0.39, 0.29) is 6.03 Å². The fraction of sp³-hybridized carbons (Fsp3) is 0.800. The van der Waals surface area contributed by atoms with Crippen LogP contribution in [0, 0.1) is 0 Å². The molecule has 3 nitrogen and oxygen atoms in total. The molecule has 0 spiro atoms. The second-order valence-electron chi connectivity index (χ2n) is 1.53. The Morgan fingerprint density at radius 1 is 1.70 bits per heavy atom. The Kier molecular flexibility index (Phi) is 7.06. The van der Waals surface area contributed by atoms with Crippen molar-refractivity contribution in [3.05, 3.63) is 0 Å². The molecule has 10 heavy (non-hydrogen) atoms. The Morgan fingerprint density at radius 2 is 2.40 bits per heavy atom. The third-order valence-corrected chi connectivity index (χ3v) is 1.96. The standard InChI is InChI=1S/C5H12N2OS2/c1-2-6-5(8)7-10-4-3-9/h9H,2-4H2,1H3,(H2,6,7,8). The molecule has 0 aromatic carbocycles. The number of hydrogen-bond acceptors (Lipinski definition) is 3. The Bertz CT molecular complexity index is 99.6. The Morgan fingerprint density at radius 3 is 2.90 bits per heavy atom. The summed E-state index contributed by atoms with van der Waals surface area (Å²) in [6.07, 6.45) is 0. The van der Waals surface area contributed by atoms with Crippen LogP contribution in [0.4, 0.5) is 4.79 Å². The summed E-state index contributed by atoms with van der Waals surface area (Å²) < 4.78 is 2.60. The molecular weight excluding hydrogens is 168 g/mol.